The summed E-state index contributed by atoms with van der Waals surface area (Å²) in [7, 11) is 0. The van der Waals surface area contributed by atoms with Crippen LogP contribution in [-0.4, -0.2) is 13.2 Å². The summed E-state index contributed by atoms with van der Waals surface area (Å²) < 4.78 is 5.76. The van der Waals surface area contributed by atoms with Gasteiger partial charge in [0.05, 0.1) is 6.61 Å². The number of para-hydroxylation sites is 1. The van der Waals surface area contributed by atoms with E-state index in [0.29, 0.717) is 6.54 Å². The van der Waals surface area contributed by atoms with Gasteiger partial charge in [0.1, 0.15) is 5.75 Å². The van der Waals surface area contributed by atoms with Crippen LogP contribution in [-0.2, 0) is 6.42 Å². The van der Waals surface area contributed by atoms with Crippen molar-refractivity contribution >= 4 is 0 Å². The Morgan fingerprint density at radius 3 is 2.94 bits per heavy atom. The molecule has 0 N–H and O–H groups in total. The summed E-state index contributed by atoms with van der Waals surface area (Å²) in [6.07, 6.45) is 3.33. The third-order valence-corrected chi connectivity index (χ3v) is 2.69. The zero-order chi connectivity index (χ0) is 11.2. The second-order valence-electron chi connectivity index (χ2n) is 4.07. The third kappa shape index (κ3) is 3.17. The third-order valence-electron chi connectivity index (χ3n) is 2.69. The molecule has 0 spiro atoms. The van der Waals surface area contributed by atoms with Gasteiger partial charge in [0.2, 0.25) is 0 Å². The van der Waals surface area contributed by atoms with Crippen molar-refractivity contribution in [3.05, 3.63) is 40.3 Å². The summed E-state index contributed by atoms with van der Waals surface area (Å²) in [4.78, 5) is 2.75. The molecule has 0 bridgehead atoms. The van der Waals surface area contributed by atoms with Gasteiger partial charge in [0, 0.05) is 11.5 Å². The van der Waals surface area contributed by atoms with Crippen molar-refractivity contribution < 1.29 is 4.74 Å². The largest absolute Gasteiger partial charge is 0.493 e. The molecule has 1 aromatic carbocycles. The summed E-state index contributed by atoms with van der Waals surface area (Å²) in [5, 5.41) is 3.54. The van der Waals surface area contributed by atoms with Crippen molar-refractivity contribution in [1.29, 1.82) is 0 Å². The molecule has 0 aromatic heterocycles. The van der Waals surface area contributed by atoms with Gasteiger partial charge in [-0.15, -0.1) is 0 Å². The van der Waals surface area contributed by atoms with Gasteiger partial charge in [0.15, 0.2) is 0 Å². The van der Waals surface area contributed by atoms with E-state index >= 15 is 0 Å². The van der Waals surface area contributed by atoms with Gasteiger partial charge in [-0.3, -0.25) is 0 Å². The fraction of sp³-hybridized carbons (Fsp3) is 0.500. The smallest absolute Gasteiger partial charge is 0.122 e. The van der Waals surface area contributed by atoms with Crippen LogP contribution in [0.15, 0.2) is 29.4 Å². The Balaban J connectivity index is 1.94. The molecular weight excluding hydrogens is 202 g/mol. The molecule has 0 atom stereocenters. The Hall–Kier alpha value is -1.67. The quantitative estimate of drug-likeness (QED) is 0.409. The minimum atomic E-state index is 0.486. The van der Waals surface area contributed by atoms with Gasteiger partial charge in [-0.1, -0.05) is 23.3 Å². The fourth-order valence-electron chi connectivity index (χ4n) is 1.56. The van der Waals surface area contributed by atoms with Crippen molar-refractivity contribution in [2.45, 2.75) is 19.3 Å². The molecule has 84 valence electrons. The van der Waals surface area contributed by atoms with Crippen LogP contribution in [0.5, 0.6) is 5.75 Å². The first-order valence-electron chi connectivity index (χ1n) is 5.61. The molecule has 16 heavy (non-hydrogen) atoms. The average molecular weight is 217 g/mol. The van der Waals surface area contributed by atoms with E-state index in [1.165, 1.54) is 12.8 Å². The Morgan fingerprint density at radius 2 is 2.19 bits per heavy atom. The normalized spacial score (nSPS) is 14.2. The van der Waals surface area contributed by atoms with E-state index in [1.807, 2.05) is 24.3 Å². The zero-order valence-electron chi connectivity index (χ0n) is 9.17. The molecule has 0 amide bonds. The Kier molecular flexibility index (Phi) is 3.67. The van der Waals surface area contributed by atoms with Crippen LogP contribution >= 0.6 is 0 Å². The second-order valence-corrected chi connectivity index (χ2v) is 4.07. The van der Waals surface area contributed by atoms with Crippen LogP contribution in [0.25, 0.3) is 10.4 Å². The molecule has 0 aliphatic heterocycles. The van der Waals surface area contributed by atoms with E-state index in [-0.39, 0.29) is 0 Å². The Morgan fingerprint density at radius 1 is 1.38 bits per heavy atom. The first-order chi connectivity index (χ1) is 7.90. The molecular formula is C12H15N3O. The lowest BCUT2D eigenvalue weighted by Crippen LogP contribution is -2.02. The number of hydrogen-bond acceptors (Lipinski definition) is 2. The summed E-state index contributed by atoms with van der Waals surface area (Å²) in [5.41, 5.74) is 9.35. The van der Waals surface area contributed by atoms with E-state index in [9.17, 15) is 0 Å². The topological polar surface area (TPSA) is 58.0 Å². The maximum atomic E-state index is 8.23. The van der Waals surface area contributed by atoms with Gasteiger partial charge < -0.3 is 4.74 Å². The highest BCUT2D eigenvalue weighted by molar-refractivity contribution is 5.33. The minimum Gasteiger partial charge on any atom is -0.493 e. The Labute approximate surface area is 94.9 Å². The monoisotopic (exact) mass is 217 g/mol. The highest BCUT2D eigenvalue weighted by atomic mass is 16.5. The second kappa shape index (κ2) is 5.42. The number of rotatable bonds is 6. The molecule has 1 aliphatic rings. The van der Waals surface area contributed by atoms with Gasteiger partial charge in [-0.05, 0) is 42.3 Å². The molecule has 0 saturated heterocycles. The van der Waals surface area contributed by atoms with Gasteiger partial charge in [-0.25, -0.2) is 0 Å². The summed E-state index contributed by atoms with van der Waals surface area (Å²) in [6, 6.07) is 7.96. The lowest BCUT2D eigenvalue weighted by Gasteiger charge is -2.09. The van der Waals surface area contributed by atoms with Gasteiger partial charge in [0.25, 0.3) is 0 Å². The van der Waals surface area contributed by atoms with Crippen molar-refractivity contribution in [2.75, 3.05) is 13.2 Å². The van der Waals surface area contributed by atoms with Gasteiger partial charge in [-0.2, -0.15) is 0 Å². The highest BCUT2D eigenvalue weighted by Gasteiger charge is 2.22. The molecule has 1 aromatic rings. The molecule has 4 heteroatoms. The lowest BCUT2D eigenvalue weighted by molar-refractivity contribution is 0.297. The molecule has 1 aliphatic carbocycles. The number of azide groups is 1. The average Bonchev–Trinajstić information content (AvgIpc) is 3.12. The van der Waals surface area contributed by atoms with Crippen LogP contribution in [0.4, 0.5) is 0 Å². The molecule has 1 saturated carbocycles. The molecule has 4 nitrogen and oxygen atoms in total. The van der Waals surface area contributed by atoms with Crippen LogP contribution < -0.4 is 4.74 Å². The predicted octanol–water partition coefficient (Wildman–Crippen LogP) is 3.33. The number of hydrogen-bond donors (Lipinski definition) is 0. The summed E-state index contributed by atoms with van der Waals surface area (Å²) >= 11 is 0. The number of nitrogens with zero attached hydrogens (tertiary/aromatic N) is 3. The standard InChI is InChI=1S/C12H15N3O/c13-15-14-8-7-11-3-1-2-4-12(11)16-9-10-5-6-10/h1-4,10H,5-9H2. The van der Waals surface area contributed by atoms with E-state index in [1.54, 1.807) is 0 Å². The van der Waals surface area contributed by atoms with Crippen molar-refractivity contribution in [3.63, 3.8) is 0 Å². The molecule has 0 unspecified atom stereocenters. The minimum absolute atomic E-state index is 0.486. The van der Waals surface area contributed by atoms with E-state index in [0.717, 1.165) is 30.3 Å². The number of ether oxygens (including phenoxy) is 1. The SMILES string of the molecule is [N-]=[N+]=NCCc1ccccc1OCC1CC1. The fourth-order valence-corrected chi connectivity index (χ4v) is 1.56. The summed E-state index contributed by atoms with van der Waals surface area (Å²) in [5.74, 6) is 1.69. The number of benzene rings is 1. The maximum Gasteiger partial charge on any atom is 0.122 e. The van der Waals surface area contributed by atoms with Crippen molar-refractivity contribution in [2.24, 2.45) is 11.0 Å². The van der Waals surface area contributed by atoms with Gasteiger partial charge >= 0.3 is 0 Å². The maximum absolute atomic E-state index is 8.23. The lowest BCUT2D eigenvalue weighted by atomic mass is 10.1. The van der Waals surface area contributed by atoms with Crippen LogP contribution in [0.3, 0.4) is 0 Å². The van der Waals surface area contributed by atoms with Crippen LogP contribution in [0, 0.1) is 5.92 Å². The van der Waals surface area contributed by atoms with Crippen LogP contribution in [0.1, 0.15) is 18.4 Å². The van der Waals surface area contributed by atoms with E-state index < -0.39 is 0 Å². The molecule has 0 heterocycles. The van der Waals surface area contributed by atoms with E-state index in [4.69, 9.17) is 10.3 Å². The van der Waals surface area contributed by atoms with Crippen molar-refractivity contribution in [1.82, 2.24) is 0 Å². The molecule has 2 rings (SSSR count). The first kappa shape index (κ1) is 10.8. The first-order valence-corrected chi connectivity index (χ1v) is 5.61. The van der Waals surface area contributed by atoms with Crippen LogP contribution in [0.2, 0.25) is 0 Å². The highest BCUT2D eigenvalue weighted by Crippen LogP contribution is 2.30. The Bertz CT molecular complexity index is 395. The van der Waals surface area contributed by atoms with Crippen molar-refractivity contribution in [3.8, 4) is 5.75 Å². The van der Waals surface area contributed by atoms with E-state index in [2.05, 4.69) is 10.0 Å². The molecule has 0 radical (unpaired) electrons. The predicted molar refractivity (Wildman–Crippen MR) is 62.4 cm³/mol. The summed E-state index contributed by atoms with van der Waals surface area (Å²) in [6.45, 7) is 1.30. The molecule has 1 fully saturated rings. The zero-order valence-corrected chi connectivity index (χ0v) is 9.17.